The van der Waals surface area contributed by atoms with Crippen molar-refractivity contribution in [3.05, 3.63) is 112 Å². The topological polar surface area (TPSA) is 114 Å². The Labute approximate surface area is 292 Å². The largest absolute Gasteiger partial charge is 0.401 e. The third-order valence-electron chi connectivity index (χ3n) is 8.92. The minimum atomic E-state index is -2.96. The molecule has 49 heavy (non-hydrogen) atoms. The second-order valence-electron chi connectivity index (χ2n) is 13.5. The maximum atomic E-state index is 13.5. The van der Waals surface area contributed by atoms with Gasteiger partial charge in [-0.2, -0.15) is 5.26 Å². The van der Waals surface area contributed by atoms with Crippen molar-refractivity contribution >= 4 is 53.0 Å². The summed E-state index contributed by atoms with van der Waals surface area (Å²) in [5.74, 6) is -0.452. The number of pyridine rings is 1. The minimum absolute atomic E-state index is 0.0347. The SMILES string of the molecule is CC1CN(c2c(CO[Si](c3ccccc3)(c3ccccc3)C(C)(C)C)nc3c(C(=O)NCc4ccc(C#N)cc4)noc3c2Cl)CC(C)O1. The van der Waals surface area contributed by atoms with Crippen LogP contribution in [0.25, 0.3) is 11.1 Å². The van der Waals surface area contributed by atoms with E-state index in [9.17, 15) is 4.79 Å². The molecule has 1 aliphatic rings. The number of aromatic nitrogens is 2. The number of anilines is 1. The number of benzene rings is 3. The van der Waals surface area contributed by atoms with Crippen LogP contribution in [0.3, 0.4) is 0 Å². The van der Waals surface area contributed by atoms with E-state index in [-0.39, 0.29) is 47.2 Å². The molecule has 0 saturated carbocycles. The second-order valence-corrected chi connectivity index (χ2v) is 18.2. The highest BCUT2D eigenvalue weighted by Crippen LogP contribution is 2.41. The Hall–Kier alpha value is -4.53. The van der Waals surface area contributed by atoms with Crippen LogP contribution < -0.4 is 20.6 Å². The highest BCUT2D eigenvalue weighted by Gasteiger charge is 2.50. The summed E-state index contributed by atoms with van der Waals surface area (Å²) in [7, 11) is -2.96. The monoisotopic (exact) mass is 693 g/mol. The fourth-order valence-corrected chi connectivity index (χ4v) is 11.6. The maximum absolute atomic E-state index is 13.5. The Morgan fingerprint density at radius 1 is 1.00 bits per heavy atom. The van der Waals surface area contributed by atoms with Crippen LogP contribution in [0.4, 0.5) is 5.69 Å². The molecule has 2 atom stereocenters. The first-order valence-corrected chi connectivity index (χ1v) is 18.7. The predicted molar refractivity (Wildman–Crippen MR) is 194 cm³/mol. The van der Waals surface area contributed by atoms with Gasteiger partial charge in [-0.25, -0.2) is 4.98 Å². The smallest absolute Gasteiger partial charge is 0.276 e. The highest BCUT2D eigenvalue weighted by atomic mass is 35.5. The van der Waals surface area contributed by atoms with Crippen molar-refractivity contribution < 1.29 is 18.5 Å². The Bertz CT molecular complexity index is 1920. The fourth-order valence-electron chi connectivity index (χ4n) is 6.79. The van der Waals surface area contributed by atoms with E-state index in [1.54, 1.807) is 24.3 Å². The van der Waals surface area contributed by atoms with Gasteiger partial charge in [-0.1, -0.05) is 110 Å². The number of ether oxygens (including phenoxy) is 1. The lowest BCUT2D eigenvalue weighted by Gasteiger charge is -2.43. The lowest BCUT2D eigenvalue weighted by Crippen LogP contribution is -2.66. The molecule has 2 unspecified atom stereocenters. The summed E-state index contributed by atoms with van der Waals surface area (Å²) < 4.78 is 19.1. The normalized spacial score (nSPS) is 16.8. The first-order chi connectivity index (χ1) is 23.5. The summed E-state index contributed by atoms with van der Waals surface area (Å²) >= 11 is 7.21. The molecule has 5 aromatic rings. The molecule has 6 rings (SSSR count). The van der Waals surface area contributed by atoms with Gasteiger partial charge in [0.2, 0.25) is 5.58 Å². The van der Waals surface area contributed by atoms with Gasteiger partial charge in [0.1, 0.15) is 10.5 Å². The Balaban J connectivity index is 1.44. The number of nitrogens with zero attached hydrogens (tertiary/aromatic N) is 4. The number of hydrogen-bond donors (Lipinski definition) is 1. The molecule has 0 radical (unpaired) electrons. The lowest BCUT2D eigenvalue weighted by molar-refractivity contribution is -0.00532. The Morgan fingerprint density at radius 3 is 2.14 bits per heavy atom. The van der Waals surface area contributed by atoms with Gasteiger partial charge in [0.05, 0.1) is 41.8 Å². The quantitative estimate of drug-likeness (QED) is 0.177. The molecular formula is C38H40ClN5O4Si. The number of amides is 1. The molecule has 1 N–H and O–H groups in total. The van der Waals surface area contributed by atoms with Crippen LogP contribution in [-0.4, -0.2) is 49.7 Å². The third-order valence-corrected chi connectivity index (χ3v) is 14.3. The number of nitrogens with one attached hydrogen (secondary N) is 1. The first kappa shape index (κ1) is 34.3. The zero-order valence-corrected chi connectivity index (χ0v) is 30.1. The molecule has 1 saturated heterocycles. The fraction of sp³-hybridized carbons (Fsp3) is 0.316. The molecule has 1 amide bonds. The van der Waals surface area contributed by atoms with Gasteiger partial charge in [-0.15, -0.1) is 0 Å². The average molecular weight is 694 g/mol. The molecule has 0 spiro atoms. The molecule has 252 valence electrons. The zero-order chi connectivity index (χ0) is 34.8. The van der Waals surface area contributed by atoms with Crippen molar-refractivity contribution in [3.8, 4) is 6.07 Å². The summed E-state index contributed by atoms with van der Waals surface area (Å²) in [5.41, 5.74) is 3.20. The van der Waals surface area contributed by atoms with Crippen LogP contribution in [0.15, 0.2) is 89.5 Å². The third kappa shape index (κ3) is 6.85. The average Bonchev–Trinajstić information content (AvgIpc) is 3.52. The molecule has 1 aliphatic heterocycles. The highest BCUT2D eigenvalue weighted by molar-refractivity contribution is 6.99. The number of halogens is 1. The predicted octanol–water partition coefficient (Wildman–Crippen LogP) is 6.37. The van der Waals surface area contributed by atoms with Crippen LogP contribution >= 0.6 is 11.6 Å². The van der Waals surface area contributed by atoms with E-state index in [2.05, 4.69) is 90.7 Å². The van der Waals surface area contributed by atoms with E-state index < -0.39 is 14.2 Å². The first-order valence-electron chi connectivity index (χ1n) is 16.4. The summed E-state index contributed by atoms with van der Waals surface area (Å²) in [4.78, 5) is 20.8. The van der Waals surface area contributed by atoms with Gasteiger partial charge >= 0.3 is 0 Å². The van der Waals surface area contributed by atoms with E-state index in [0.29, 0.717) is 35.1 Å². The molecular weight excluding hydrogens is 654 g/mol. The van der Waals surface area contributed by atoms with Crippen molar-refractivity contribution in [2.75, 3.05) is 18.0 Å². The van der Waals surface area contributed by atoms with Crippen LogP contribution in [0.1, 0.15) is 61.9 Å². The van der Waals surface area contributed by atoms with Gasteiger partial charge in [0.25, 0.3) is 14.2 Å². The van der Waals surface area contributed by atoms with E-state index in [1.165, 1.54) is 0 Å². The molecule has 11 heteroatoms. The van der Waals surface area contributed by atoms with E-state index >= 15 is 0 Å². The van der Waals surface area contributed by atoms with Crippen molar-refractivity contribution in [1.29, 1.82) is 5.26 Å². The van der Waals surface area contributed by atoms with Gasteiger partial charge in [0, 0.05) is 19.6 Å². The van der Waals surface area contributed by atoms with Crippen LogP contribution in [0.5, 0.6) is 0 Å². The summed E-state index contributed by atoms with van der Waals surface area (Å²) in [5, 5.41) is 18.5. The van der Waals surface area contributed by atoms with Crippen molar-refractivity contribution in [2.24, 2.45) is 0 Å². The number of morpholine rings is 1. The van der Waals surface area contributed by atoms with Crippen molar-refractivity contribution in [2.45, 2.75) is 65.0 Å². The lowest BCUT2D eigenvalue weighted by atomic mass is 10.1. The number of fused-ring (bicyclic) bond motifs is 1. The van der Waals surface area contributed by atoms with Gasteiger partial charge in [-0.3, -0.25) is 4.79 Å². The van der Waals surface area contributed by atoms with Crippen LogP contribution in [0.2, 0.25) is 10.1 Å². The van der Waals surface area contributed by atoms with Gasteiger partial charge < -0.3 is 23.9 Å². The zero-order valence-electron chi connectivity index (χ0n) is 28.4. The molecule has 0 aliphatic carbocycles. The summed E-state index contributed by atoms with van der Waals surface area (Å²) in [6.07, 6.45) is -0.0847. The number of carbonyl (C=O) groups is 1. The molecule has 1 fully saturated rings. The molecule has 2 aromatic heterocycles. The number of hydrogen-bond acceptors (Lipinski definition) is 8. The van der Waals surface area contributed by atoms with Crippen molar-refractivity contribution in [1.82, 2.24) is 15.5 Å². The maximum Gasteiger partial charge on any atom is 0.276 e. The van der Waals surface area contributed by atoms with Crippen LogP contribution in [-0.2, 0) is 22.3 Å². The Morgan fingerprint density at radius 2 is 1.59 bits per heavy atom. The number of rotatable bonds is 9. The summed E-state index contributed by atoms with van der Waals surface area (Å²) in [6, 6.07) is 30.0. The standard InChI is InChI=1S/C38H40ClN5O4Si/c1-25-22-44(23-26(2)47-25)35-31(24-46-49(38(3,4)5,29-12-8-6-9-13-29)30-14-10-7-11-15-30)42-33-34(43-48-36(33)32(35)39)37(45)41-21-28-18-16-27(20-40)17-19-28/h6-19,25-26H,21-24H2,1-5H3,(H,41,45). The van der Waals surface area contributed by atoms with Crippen LogP contribution in [0, 0.1) is 11.3 Å². The molecule has 3 heterocycles. The number of carbonyl (C=O) groups excluding carboxylic acids is 1. The van der Waals surface area contributed by atoms with Gasteiger partial charge in [-0.05, 0) is 47.0 Å². The molecule has 3 aromatic carbocycles. The minimum Gasteiger partial charge on any atom is -0.401 e. The van der Waals surface area contributed by atoms with E-state index in [0.717, 1.165) is 15.9 Å². The van der Waals surface area contributed by atoms with Crippen molar-refractivity contribution in [3.63, 3.8) is 0 Å². The van der Waals surface area contributed by atoms with E-state index in [4.69, 9.17) is 35.5 Å². The van der Waals surface area contributed by atoms with Gasteiger partial charge in [0.15, 0.2) is 5.69 Å². The number of nitriles is 1. The van der Waals surface area contributed by atoms with E-state index in [1.807, 2.05) is 26.0 Å². The molecule has 9 nitrogen and oxygen atoms in total. The Kier molecular flexibility index (Phi) is 9.91. The second kappa shape index (κ2) is 14.1. The molecule has 0 bridgehead atoms. The summed E-state index contributed by atoms with van der Waals surface area (Å²) in [6.45, 7) is 12.3.